The van der Waals surface area contributed by atoms with E-state index in [2.05, 4.69) is 15.2 Å². The third kappa shape index (κ3) is 3.76. The maximum atomic E-state index is 12.0. The molecule has 9 heteroatoms. The summed E-state index contributed by atoms with van der Waals surface area (Å²) >= 11 is 0. The molecule has 1 heterocycles. The highest BCUT2D eigenvalue weighted by atomic mass is 32.2. The molecule has 2 rings (SSSR count). The van der Waals surface area contributed by atoms with Gasteiger partial charge in [0.05, 0.1) is 28.4 Å². The number of ether oxygens (including phenoxy) is 1. The third-order valence-corrected chi connectivity index (χ3v) is 4.97. The number of sulfonamides is 1. The van der Waals surface area contributed by atoms with Gasteiger partial charge < -0.3 is 4.74 Å². The van der Waals surface area contributed by atoms with Crippen molar-refractivity contribution in [3.63, 3.8) is 0 Å². The van der Waals surface area contributed by atoms with E-state index >= 15 is 0 Å². The lowest BCUT2D eigenvalue weighted by Crippen LogP contribution is -2.21. The monoisotopic (exact) mass is 338 g/mol. The second kappa shape index (κ2) is 6.90. The van der Waals surface area contributed by atoms with Gasteiger partial charge in [0.25, 0.3) is 5.56 Å². The van der Waals surface area contributed by atoms with Crippen molar-refractivity contribution in [2.75, 3.05) is 21.2 Å². The van der Waals surface area contributed by atoms with Crippen LogP contribution in [0.3, 0.4) is 0 Å². The largest absolute Gasteiger partial charge is 0.378 e. The van der Waals surface area contributed by atoms with Gasteiger partial charge in [-0.3, -0.25) is 20.0 Å². The number of nitrogens with zero attached hydrogens (tertiary/aromatic N) is 2. The SMILES string of the molecule is COCc1[nH][nH]c(=O)c1C=Nc1ccc(S(=O)(=O)N(C)C)cc1. The zero-order valence-corrected chi connectivity index (χ0v) is 13.8. The highest BCUT2D eigenvalue weighted by Crippen LogP contribution is 2.18. The Kier molecular flexibility index (Phi) is 5.14. The summed E-state index contributed by atoms with van der Waals surface area (Å²) in [6.07, 6.45) is 1.42. The van der Waals surface area contributed by atoms with Gasteiger partial charge in [0.15, 0.2) is 0 Å². The number of rotatable bonds is 6. The molecule has 2 N–H and O–H groups in total. The molecule has 0 aliphatic rings. The van der Waals surface area contributed by atoms with Gasteiger partial charge in [-0.05, 0) is 24.3 Å². The number of benzene rings is 1. The molecule has 0 aliphatic heterocycles. The van der Waals surface area contributed by atoms with Crippen LogP contribution >= 0.6 is 0 Å². The number of aromatic amines is 2. The van der Waals surface area contributed by atoms with Gasteiger partial charge in [0.1, 0.15) is 0 Å². The van der Waals surface area contributed by atoms with E-state index in [9.17, 15) is 13.2 Å². The molecule has 0 bridgehead atoms. The summed E-state index contributed by atoms with van der Waals surface area (Å²) in [6, 6.07) is 6.09. The Morgan fingerprint density at radius 3 is 2.43 bits per heavy atom. The summed E-state index contributed by atoms with van der Waals surface area (Å²) in [5.74, 6) is 0. The highest BCUT2D eigenvalue weighted by molar-refractivity contribution is 7.89. The Bertz CT molecular complexity index is 848. The molecule has 0 amide bonds. The molecule has 23 heavy (non-hydrogen) atoms. The van der Waals surface area contributed by atoms with Crippen molar-refractivity contribution in [1.29, 1.82) is 0 Å². The number of aliphatic imine (C=N–C) groups is 1. The van der Waals surface area contributed by atoms with E-state index in [1.807, 2.05) is 0 Å². The van der Waals surface area contributed by atoms with Crippen molar-refractivity contribution in [1.82, 2.24) is 14.5 Å². The minimum Gasteiger partial charge on any atom is -0.378 e. The maximum absolute atomic E-state index is 12.0. The van der Waals surface area contributed by atoms with Gasteiger partial charge >= 0.3 is 0 Å². The molecule has 0 aliphatic carbocycles. The van der Waals surface area contributed by atoms with Crippen LogP contribution in [0, 0.1) is 0 Å². The van der Waals surface area contributed by atoms with Crippen molar-refractivity contribution in [3.8, 4) is 0 Å². The van der Waals surface area contributed by atoms with Gasteiger partial charge in [-0.1, -0.05) is 0 Å². The zero-order chi connectivity index (χ0) is 17.0. The molecule has 0 saturated heterocycles. The van der Waals surface area contributed by atoms with E-state index in [1.165, 1.54) is 39.6 Å². The van der Waals surface area contributed by atoms with Crippen LogP contribution in [0.4, 0.5) is 5.69 Å². The summed E-state index contributed by atoms with van der Waals surface area (Å²) in [6.45, 7) is 0.250. The standard InChI is InChI=1S/C14H18N4O4S/c1-18(2)23(20,21)11-6-4-10(5-7-11)15-8-12-13(9-22-3)16-17-14(12)19/h4-8H,9H2,1-3H3,(H2,16,17,19). The van der Waals surface area contributed by atoms with E-state index in [0.29, 0.717) is 16.9 Å². The number of nitrogens with one attached hydrogen (secondary N) is 2. The van der Waals surface area contributed by atoms with Crippen LogP contribution in [0.15, 0.2) is 38.9 Å². The molecular weight excluding hydrogens is 320 g/mol. The van der Waals surface area contributed by atoms with Gasteiger partial charge in [-0.25, -0.2) is 12.7 Å². The lowest BCUT2D eigenvalue weighted by Gasteiger charge is -2.10. The Morgan fingerprint density at radius 1 is 1.22 bits per heavy atom. The first-order valence-corrected chi connectivity index (χ1v) is 8.15. The van der Waals surface area contributed by atoms with E-state index in [0.717, 1.165) is 4.31 Å². The van der Waals surface area contributed by atoms with Gasteiger partial charge in [-0.2, -0.15) is 0 Å². The number of H-pyrrole nitrogens is 2. The average Bonchev–Trinajstić information content (AvgIpc) is 2.86. The minimum atomic E-state index is -3.47. The molecule has 8 nitrogen and oxygen atoms in total. The summed E-state index contributed by atoms with van der Waals surface area (Å²) in [7, 11) is 0.995. The summed E-state index contributed by atoms with van der Waals surface area (Å²) in [4.78, 5) is 16.1. The fraction of sp³-hybridized carbons (Fsp3) is 0.286. The number of methoxy groups -OCH3 is 1. The average molecular weight is 338 g/mol. The minimum absolute atomic E-state index is 0.181. The van der Waals surface area contributed by atoms with Crippen molar-refractivity contribution < 1.29 is 13.2 Å². The summed E-state index contributed by atoms with van der Waals surface area (Å²) < 4.78 is 30.1. The first-order valence-electron chi connectivity index (χ1n) is 6.71. The number of hydrogen-bond donors (Lipinski definition) is 2. The Hall–Kier alpha value is -2.23. The lowest BCUT2D eigenvalue weighted by atomic mass is 10.2. The van der Waals surface area contributed by atoms with Gasteiger partial charge in [0, 0.05) is 27.4 Å². The molecule has 124 valence electrons. The molecule has 0 fully saturated rings. The molecule has 1 aromatic carbocycles. The van der Waals surface area contributed by atoms with E-state index in [1.54, 1.807) is 12.1 Å². The molecular formula is C14H18N4O4S. The maximum Gasteiger partial charge on any atom is 0.273 e. The molecule has 0 saturated carbocycles. The van der Waals surface area contributed by atoms with Crippen LogP contribution in [0.5, 0.6) is 0 Å². The predicted molar refractivity (Wildman–Crippen MR) is 86.7 cm³/mol. The van der Waals surface area contributed by atoms with Crippen molar-refractivity contribution >= 4 is 21.9 Å². The normalized spacial score (nSPS) is 12.3. The second-order valence-corrected chi connectivity index (χ2v) is 7.10. The highest BCUT2D eigenvalue weighted by Gasteiger charge is 2.16. The molecule has 1 aromatic heterocycles. The van der Waals surface area contributed by atoms with Crippen molar-refractivity contribution in [2.24, 2.45) is 4.99 Å². The van der Waals surface area contributed by atoms with Crippen LogP contribution < -0.4 is 5.56 Å². The number of hydrogen-bond acceptors (Lipinski definition) is 5. The van der Waals surface area contributed by atoms with Gasteiger partial charge in [0.2, 0.25) is 10.0 Å². The Balaban J connectivity index is 2.25. The summed E-state index contributed by atoms with van der Waals surface area (Å²) in [5.41, 5.74) is 1.20. The molecule has 0 spiro atoms. The van der Waals surface area contributed by atoms with Crippen molar-refractivity contribution in [2.45, 2.75) is 11.5 Å². The first-order chi connectivity index (χ1) is 10.9. The second-order valence-electron chi connectivity index (χ2n) is 4.94. The topological polar surface area (TPSA) is 108 Å². The quantitative estimate of drug-likeness (QED) is 0.761. The smallest absolute Gasteiger partial charge is 0.273 e. The first kappa shape index (κ1) is 17.1. The van der Waals surface area contributed by atoms with Crippen LogP contribution in [-0.2, 0) is 21.4 Å². The van der Waals surface area contributed by atoms with Crippen molar-refractivity contribution in [3.05, 3.63) is 45.9 Å². The van der Waals surface area contributed by atoms with E-state index < -0.39 is 10.0 Å². The van der Waals surface area contributed by atoms with E-state index in [-0.39, 0.29) is 17.1 Å². The van der Waals surface area contributed by atoms with Crippen LogP contribution in [0.2, 0.25) is 0 Å². The number of aromatic nitrogens is 2. The Labute approximate surface area is 133 Å². The van der Waals surface area contributed by atoms with E-state index in [4.69, 9.17) is 4.74 Å². The summed E-state index contributed by atoms with van der Waals surface area (Å²) in [5, 5.41) is 5.18. The molecule has 0 atom stereocenters. The zero-order valence-electron chi connectivity index (χ0n) is 13.0. The van der Waals surface area contributed by atoms with Crippen LogP contribution in [0.25, 0.3) is 0 Å². The molecule has 0 radical (unpaired) electrons. The predicted octanol–water partition coefficient (Wildman–Crippen LogP) is 0.850. The Morgan fingerprint density at radius 2 is 1.87 bits per heavy atom. The molecule has 2 aromatic rings. The molecule has 0 unspecified atom stereocenters. The van der Waals surface area contributed by atoms with Crippen LogP contribution in [0.1, 0.15) is 11.3 Å². The lowest BCUT2D eigenvalue weighted by molar-refractivity contribution is 0.181. The third-order valence-electron chi connectivity index (χ3n) is 3.14. The van der Waals surface area contributed by atoms with Crippen LogP contribution in [-0.4, -0.2) is 50.3 Å². The fourth-order valence-electron chi connectivity index (χ4n) is 1.85. The fourth-order valence-corrected chi connectivity index (χ4v) is 2.75. The van der Waals surface area contributed by atoms with Gasteiger partial charge in [-0.15, -0.1) is 0 Å².